The van der Waals surface area contributed by atoms with Gasteiger partial charge < -0.3 is 10.4 Å². The molecular formula is C14H23NO3. The molecule has 0 aliphatic heterocycles. The Kier molecular flexibility index (Phi) is 4.25. The predicted octanol–water partition coefficient (Wildman–Crippen LogP) is 2.18. The normalized spacial score (nSPS) is 36.3. The molecule has 2 rings (SSSR count). The highest BCUT2D eigenvalue weighted by atomic mass is 16.4. The van der Waals surface area contributed by atoms with Crippen LogP contribution in [0.2, 0.25) is 0 Å². The zero-order chi connectivity index (χ0) is 13.1. The van der Waals surface area contributed by atoms with Gasteiger partial charge in [0.2, 0.25) is 5.91 Å². The molecule has 0 spiro atoms. The summed E-state index contributed by atoms with van der Waals surface area (Å²) < 4.78 is 0. The summed E-state index contributed by atoms with van der Waals surface area (Å²) in [6.45, 7) is 2.22. The van der Waals surface area contributed by atoms with Crippen molar-refractivity contribution in [3.8, 4) is 0 Å². The molecule has 0 bridgehead atoms. The molecule has 4 heteroatoms. The number of amides is 1. The number of carboxylic acid groups (broad SMARTS) is 1. The van der Waals surface area contributed by atoms with Crippen molar-refractivity contribution in [2.75, 3.05) is 0 Å². The number of hydrogen-bond donors (Lipinski definition) is 2. The number of carbonyl (C=O) groups is 2. The van der Waals surface area contributed by atoms with Gasteiger partial charge in [-0.15, -0.1) is 0 Å². The fraction of sp³-hybridized carbons (Fsp3) is 0.857. The molecule has 18 heavy (non-hydrogen) atoms. The minimum atomic E-state index is -0.748. The van der Waals surface area contributed by atoms with Gasteiger partial charge >= 0.3 is 5.97 Å². The van der Waals surface area contributed by atoms with Gasteiger partial charge in [-0.3, -0.25) is 9.59 Å². The first-order valence-electron chi connectivity index (χ1n) is 7.09. The van der Waals surface area contributed by atoms with Gasteiger partial charge in [-0.25, -0.2) is 0 Å². The first-order chi connectivity index (χ1) is 8.56. The lowest BCUT2D eigenvalue weighted by molar-refractivity contribution is -0.144. The van der Waals surface area contributed by atoms with Gasteiger partial charge in [0.1, 0.15) is 0 Å². The van der Waals surface area contributed by atoms with Gasteiger partial charge in [0.25, 0.3) is 0 Å². The largest absolute Gasteiger partial charge is 0.481 e. The first kappa shape index (κ1) is 13.4. The van der Waals surface area contributed by atoms with Crippen molar-refractivity contribution in [3.63, 3.8) is 0 Å². The highest BCUT2D eigenvalue weighted by molar-refractivity contribution is 5.80. The molecule has 2 aliphatic carbocycles. The summed E-state index contributed by atoms with van der Waals surface area (Å²) in [5.74, 6) is -0.372. The molecule has 0 radical (unpaired) electrons. The molecule has 4 nitrogen and oxygen atoms in total. The molecular weight excluding hydrogens is 230 g/mol. The molecule has 4 unspecified atom stereocenters. The van der Waals surface area contributed by atoms with Crippen LogP contribution in [0.3, 0.4) is 0 Å². The first-order valence-corrected chi connectivity index (χ1v) is 7.09. The maximum atomic E-state index is 12.1. The number of aliphatic carboxylic acids is 1. The van der Waals surface area contributed by atoms with E-state index in [1.165, 1.54) is 6.42 Å². The number of carboxylic acids is 1. The Morgan fingerprint density at radius 3 is 2.39 bits per heavy atom. The van der Waals surface area contributed by atoms with Gasteiger partial charge in [-0.1, -0.05) is 13.3 Å². The van der Waals surface area contributed by atoms with Crippen LogP contribution >= 0.6 is 0 Å². The summed E-state index contributed by atoms with van der Waals surface area (Å²) in [7, 11) is 0. The molecule has 102 valence electrons. The quantitative estimate of drug-likeness (QED) is 0.810. The van der Waals surface area contributed by atoms with Crippen LogP contribution in [-0.4, -0.2) is 23.0 Å². The SMILES string of the molecule is CC1CCC(NC(=O)C2CCCC(C(=O)O)C2)C1. The lowest BCUT2D eigenvalue weighted by Gasteiger charge is -2.27. The number of nitrogens with one attached hydrogen (secondary N) is 1. The number of hydrogen-bond acceptors (Lipinski definition) is 2. The molecule has 2 aliphatic rings. The van der Waals surface area contributed by atoms with E-state index in [4.69, 9.17) is 5.11 Å². The van der Waals surface area contributed by atoms with E-state index in [9.17, 15) is 9.59 Å². The van der Waals surface area contributed by atoms with Gasteiger partial charge in [-0.2, -0.15) is 0 Å². The van der Waals surface area contributed by atoms with E-state index < -0.39 is 5.97 Å². The molecule has 2 saturated carbocycles. The van der Waals surface area contributed by atoms with Gasteiger partial charge in [0, 0.05) is 12.0 Å². The van der Waals surface area contributed by atoms with E-state index >= 15 is 0 Å². The lowest BCUT2D eigenvalue weighted by atomic mass is 9.81. The zero-order valence-corrected chi connectivity index (χ0v) is 11.0. The van der Waals surface area contributed by atoms with Crippen LogP contribution in [0, 0.1) is 17.8 Å². The summed E-state index contributed by atoms with van der Waals surface area (Å²) in [6.07, 6.45) is 6.27. The number of rotatable bonds is 3. The summed E-state index contributed by atoms with van der Waals surface area (Å²) in [6, 6.07) is 0.317. The van der Waals surface area contributed by atoms with Crippen molar-refractivity contribution in [2.45, 2.75) is 57.9 Å². The van der Waals surface area contributed by atoms with Gasteiger partial charge in [-0.05, 0) is 44.4 Å². The smallest absolute Gasteiger partial charge is 0.306 e. The van der Waals surface area contributed by atoms with Crippen LogP contribution in [0.15, 0.2) is 0 Å². The Balaban J connectivity index is 1.83. The summed E-state index contributed by atoms with van der Waals surface area (Å²) >= 11 is 0. The van der Waals surface area contributed by atoms with Crippen LogP contribution in [0.25, 0.3) is 0 Å². The topological polar surface area (TPSA) is 66.4 Å². The van der Waals surface area contributed by atoms with Crippen molar-refractivity contribution >= 4 is 11.9 Å². The van der Waals surface area contributed by atoms with Crippen LogP contribution in [0.1, 0.15) is 51.9 Å². The third-order valence-electron chi connectivity index (χ3n) is 4.44. The van der Waals surface area contributed by atoms with E-state index in [1.54, 1.807) is 0 Å². The van der Waals surface area contributed by atoms with Crippen LogP contribution in [0.4, 0.5) is 0 Å². The molecule has 1 amide bonds. The second-order valence-electron chi connectivity index (χ2n) is 6.02. The lowest BCUT2D eigenvalue weighted by Crippen LogP contribution is -2.40. The van der Waals surface area contributed by atoms with Crippen molar-refractivity contribution in [1.29, 1.82) is 0 Å². The van der Waals surface area contributed by atoms with E-state index in [2.05, 4.69) is 12.2 Å². The summed E-state index contributed by atoms with van der Waals surface area (Å²) in [4.78, 5) is 23.1. The second kappa shape index (κ2) is 5.72. The summed E-state index contributed by atoms with van der Waals surface area (Å²) in [5, 5.41) is 12.1. The van der Waals surface area contributed by atoms with Crippen molar-refractivity contribution in [3.05, 3.63) is 0 Å². The third kappa shape index (κ3) is 3.24. The Hall–Kier alpha value is -1.06. The molecule has 0 heterocycles. The standard InChI is InChI=1S/C14H23NO3/c1-9-5-6-12(7-9)15-13(16)10-3-2-4-11(8-10)14(17)18/h9-12H,2-8H2,1H3,(H,15,16)(H,17,18). The zero-order valence-electron chi connectivity index (χ0n) is 11.0. The molecule has 0 aromatic heterocycles. The van der Waals surface area contributed by atoms with E-state index in [-0.39, 0.29) is 17.7 Å². The molecule has 2 N–H and O–H groups in total. The highest BCUT2D eigenvalue weighted by Gasteiger charge is 2.32. The van der Waals surface area contributed by atoms with Crippen molar-refractivity contribution < 1.29 is 14.7 Å². The number of carbonyl (C=O) groups excluding carboxylic acids is 1. The fourth-order valence-electron chi connectivity index (χ4n) is 3.31. The Morgan fingerprint density at radius 2 is 1.78 bits per heavy atom. The molecule has 4 atom stereocenters. The van der Waals surface area contributed by atoms with Crippen molar-refractivity contribution in [2.24, 2.45) is 17.8 Å². The van der Waals surface area contributed by atoms with Crippen molar-refractivity contribution in [1.82, 2.24) is 5.32 Å². The fourth-order valence-corrected chi connectivity index (χ4v) is 3.31. The van der Waals surface area contributed by atoms with Crippen LogP contribution < -0.4 is 5.32 Å². The highest BCUT2D eigenvalue weighted by Crippen LogP contribution is 2.30. The third-order valence-corrected chi connectivity index (χ3v) is 4.44. The minimum absolute atomic E-state index is 0.0834. The van der Waals surface area contributed by atoms with Gasteiger partial charge in [0.15, 0.2) is 0 Å². The maximum absolute atomic E-state index is 12.1. The average molecular weight is 253 g/mol. The van der Waals surface area contributed by atoms with Crippen LogP contribution in [0.5, 0.6) is 0 Å². The molecule has 0 saturated heterocycles. The maximum Gasteiger partial charge on any atom is 0.306 e. The van der Waals surface area contributed by atoms with E-state index in [0.717, 1.165) is 32.1 Å². The Labute approximate surface area is 108 Å². The molecule has 2 fully saturated rings. The molecule has 0 aromatic rings. The average Bonchev–Trinajstić information content (AvgIpc) is 2.75. The Morgan fingerprint density at radius 1 is 1.06 bits per heavy atom. The molecule has 0 aromatic carbocycles. The summed E-state index contributed by atoms with van der Waals surface area (Å²) in [5.41, 5.74) is 0. The van der Waals surface area contributed by atoms with Gasteiger partial charge in [0.05, 0.1) is 5.92 Å². The van der Waals surface area contributed by atoms with E-state index in [0.29, 0.717) is 18.4 Å². The Bertz CT molecular complexity index is 329. The predicted molar refractivity (Wildman–Crippen MR) is 68.0 cm³/mol. The van der Waals surface area contributed by atoms with E-state index in [1.807, 2.05) is 0 Å². The minimum Gasteiger partial charge on any atom is -0.481 e. The monoisotopic (exact) mass is 253 g/mol. The second-order valence-corrected chi connectivity index (χ2v) is 6.02. The van der Waals surface area contributed by atoms with Crippen LogP contribution in [-0.2, 0) is 9.59 Å².